The van der Waals surface area contributed by atoms with Crippen molar-refractivity contribution < 1.29 is 13.2 Å². The van der Waals surface area contributed by atoms with Crippen LogP contribution in [-0.4, -0.2) is 25.6 Å². The van der Waals surface area contributed by atoms with Crippen LogP contribution < -0.4 is 5.32 Å². The van der Waals surface area contributed by atoms with Gasteiger partial charge in [0.1, 0.15) is 5.01 Å². The first-order valence-electron chi connectivity index (χ1n) is 7.72. The zero-order valence-corrected chi connectivity index (χ0v) is 15.5. The molecule has 5 nitrogen and oxygen atoms in total. The molecule has 0 radical (unpaired) electrons. The highest BCUT2D eigenvalue weighted by Gasteiger charge is 2.08. The lowest BCUT2D eigenvalue weighted by Crippen LogP contribution is -2.08. The highest BCUT2D eigenvalue weighted by Crippen LogP contribution is 2.25. The number of carbonyl (C=O) groups is 1. The molecule has 0 unspecified atom stereocenters. The molecule has 1 heterocycles. The molecule has 0 bridgehead atoms. The summed E-state index contributed by atoms with van der Waals surface area (Å²) in [5.74, 6) is -0.342. The fraction of sp³-hybridized carbons (Fsp3) is 0.0526. The molecular formula is C19H16N2O3S2. The minimum absolute atomic E-state index is 0.161. The Labute approximate surface area is 156 Å². The molecular weight excluding hydrogens is 368 g/mol. The molecule has 1 amide bonds. The first-order valence-corrected chi connectivity index (χ1v) is 10.4. The maximum atomic E-state index is 12.1. The molecule has 132 valence electrons. The lowest BCUT2D eigenvalue weighted by atomic mass is 10.2. The number of sulfone groups is 1. The Balaban J connectivity index is 1.68. The van der Waals surface area contributed by atoms with Crippen molar-refractivity contribution in [2.24, 2.45) is 0 Å². The van der Waals surface area contributed by atoms with Crippen LogP contribution >= 0.6 is 11.3 Å². The number of hydrogen-bond acceptors (Lipinski definition) is 5. The number of thiazole rings is 1. The molecule has 26 heavy (non-hydrogen) atoms. The summed E-state index contributed by atoms with van der Waals surface area (Å²) in [5.41, 5.74) is 1.45. The summed E-state index contributed by atoms with van der Waals surface area (Å²) in [6, 6.07) is 16.0. The fourth-order valence-electron chi connectivity index (χ4n) is 2.22. The molecule has 0 saturated carbocycles. The van der Waals surface area contributed by atoms with Gasteiger partial charge in [0.15, 0.2) is 9.84 Å². The maximum Gasteiger partial charge on any atom is 0.248 e. The van der Waals surface area contributed by atoms with Crippen LogP contribution in [0.1, 0.15) is 4.88 Å². The molecule has 0 aliphatic carbocycles. The molecule has 1 aromatic heterocycles. The third-order valence-corrected chi connectivity index (χ3v) is 5.59. The fourth-order valence-corrected chi connectivity index (χ4v) is 3.71. The van der Waals surface area contributed by atoms with E-state index in [9.17, 15) is 13.2 Å². The zero-order valence-electron chi connectivity index (χ0n) is 13.9. The van der Waals surface area contributed by atoms with Crippen molar-refractivity contribution in [2.45, 2.75) is 4.90 Å². The van der Waals surface area contributed by atoms with Crippen LogP contribution in [0.5, 0.6) is 0 Å². The molecule has 0 aliphatic heterocycles. The van der Waals surface area contributed by atoms with E-state index < -0.39 is 9.84 Å². The van der Waals surface area contributed by atoms with Gasteiger partial charge in [-0.3, -0.25) is 4.79 Å². The second-order valence-electron chi connectivity index (χ2n) is 5.56. The topological polar surface area (TPSA) is 76.1 Å². The largest absolute Gasteiger partial charge is 0.322 e. The third-order valence-electron chi connectivity index (χ3n) is 3.47. The number of hydrogen-bond donors (Lipinski definition) is 1. The molecule has 0 fully saturated rings. The van der Waals surface area contributed by atoms with Gasteiger partial charge in [0.05, 0.1) is 4.90 Å². The maximum absolute atomic E-state index is 12.1. The van der Waals surface area contributed by atoms with Crippen molar-refractivity contribution in [3.63, 3.8) is 0 Å². The molecule has 3 aromatic rings. The monoisotopic (exact) mass is 384 g/mol. The van der Waals surface area contributed by atoms with Gasteiger partial charge in [0.2, 0.25) is 5.91 Å². The number of carbonyl (C=O) groups excluding carboxylic acids is 1. The predicted octanol–water partition coefficient (Wildman–Crippen LogP) is 3.87. The SMILES string of the molecule is CS(=O)(=O)c1cccc(NC(=O)/C=C/c2cnc(-c3ccccc3)s2)c1. The van der Waals surface area contributed by atoms with E-state index in [2.05, 4.69) is 10.3 Å². The number of nitrogens with one attached hydrogen (secondary N) is 1. The van der Waals surface area contributed by atoms with Crippen LogP contribution in [0.3, 0.4) is 0 Å². The van der Waals surface area contributed by atoms with Gasteiger partial charge >= 0.3 is 0 Å². The Kier molecular flexibility index (Phi) is 5.29. The van der Waals surface area contributed by atoms with Gasteiger partial charge in [0.25, 0.3) is 0 Å². The Bertz CT molecular complexity index is 1060. The Morgan fingerprint density at radius 3 is 2.62 bits per heavy atom. The summed E-state index contributed by atoms with van der Waals surface area (Å²) >= 11 is 1.48. The summed E-state index contributed by atoms with van der Waals surface area (Å²) in [6.07, 6.45) is 5.91. The lowest BCUT2D eigenvalue weighted by Gasteiger charge is -2.04. The normalized spacial score (nSPS) is 11.6. The van der Waals surface area contributed by atoms with E-state index in [0.717, 1.165) is 21.7 Å². The van der Waals surface area contributed by atoms with Gasteiger partial charge in [0, 0.05) is 34.7 Å². The zero-order chi connectivity index (χ0) is 18.6. The van der Waals surface area contributed by atoms with Crippen LogP contribution in [0.15, 0.2) is 71.8 Å². The molecule has 7 heteroatoms. The van der Waals surface area contributed by atoms with E-state index in [-0.39, 0.29) is 10.8 Å². The predicted molar refractivity (Wildman–Crippen MR) is 105 cm³/mol. The van der Waals surface area contributed by atoms with Crippen LogP contribution in [0.2, 0.25) is 0 Å². The highest BCUT2D eigenvalue weighted by atomic mass is 32.2. The molecule has 3 rings (SSSR count). The van der Waals surface area contributed by atoms with Crippen LogP contribution in [0.25, 0.3) is 16.6 Å². The summed E-state index contributed by atoms with van der Waals surface area (Å²) in [6.45, 7) is 0. The molecule has 2 aromatic carbocycles. The van der Waals surface area contributed by atoms with Crippen molar-refractivity contribution in [3.05, 3.63) is 71.7 Å². The van der Waals surface area contributed by atoms with Gasteiger partial charge in [-0.15, -0.1) is 11.3 Å². The van der Waals surface area contributed by atoms with Gasteiger partial charge < -0.3 is 5.32 Å². The second kappa shape index (κ2) is 7.63. The molecule has 0 aliphatic rings. The standard InChI is InChI=1S/C19H16N2O3S2/c1-26(23,24)17-9-5-8-15(12-17)21-18(22)11-10-16-13-20-19(25-16)14-6-3-2-4-7-14/h2-13H,1H3,(H,21,22)/b11-10+. The number of nitrogens with zero attached hydrogens (tertiary/aromatic N) is 1. The highest BCUT2D eigenvalue weighted by molar-refractivity contribution is 7.90. The van der Waals surface area contributed by atoms with Crippen molar-refractivity contribution in [1.82, 2.24) is 4.98 Å². The average molecular weight is 384 g/mol. The van der Waals surface area contributed by atoms with E-state index in [1.165, 1.54) is 29.5 Å². The van der Waals surface area contributed by atoms with Gasteiger partial charge in [-0.2, -0.15) is 0 Å². The van der Waals surface area contributed by atoms with E-state index in [0.29, 0.717) is 5.69 Å². The number of benzene rings is 2. The minimum Gasteiger partial charge on any atom is -0.322 e. The van der Waals surface area contributed by atoms with Crippen molar-refractivity contribution in [1.29, 1.82) is 0 Å². The summed E-state index contributed by atoms with van der Waals surface area (Å²) in [4.78, 5) is 17.4. The van der Waals surface area contributed by atoms with Crippen LogP contribution in [0, 0.1) is 0 Å². The smallest absolute Gasteiger partial charge is 0.248 e. The molecule has 1 N–H and O–H groups in total. The molecule has 0 spiro atoms. The molecule has 0 saturated heterocycles. The summed E-state index contributed by atoms with van der Waals surface area (Å²) < 4.78 is 23.1. The Hall–Kier alpha value is -2.77. The van der Waals surface area contributed by atoms with Crippen molar-refractivity contribution >= 4 is 38.8 Å². The minimum atomic E-state index is -3.32. The van der Waals surface area contributed by atoms with Gasteiger partial charge in [-0.25, -0.2) is 13.4 Å². The first-order chi connectivity index (χ1) is 12.4. The van der Waals surface area contributed by atoms with Gasteiger partial charge in [-0.1, -0.05) is 36.4 Å². The van der Waals surface area contributed by atoms with Crippen molar-refractivity contribution in [2.75, 3.05) is 11.6 Å². The number of aromatic nitrogens is 1. The second-order valence-corrected chi connectivity index (χ2v) is 8.63. The van der Waals surface area contributed by atoms with E-state index >= 15 is 0 Å². The van der Waals surface area contributed by atoms with Crippen LogP contribution in [-0.2, 0) is 14.6 Å². The summed E-state index contributed by atoms with van der Waals surface area (Å²) in [5, 5.41) is 3.54. The number of amides is 1. The number of anilines is 1. The van der Waals surface area contributed by atoms with E-state index in [1.54, 1.807) is 24.4 Å². The molecule has 0 atom stereocenters. The van der Waals surface area contributed by atoms with E-state index in [1.807, 2.05) is 30.3 Å². The Morgan fingerprint density at radius 1 is 1.12 bits per heavy atom. The Morgan fingerprint density at radius 2 is 1.88 bits per heavy atom. The van der Waals surface area contributed by atoms with Crippen molar-refractivity contribution in [3.8, 4) is 10.6 Å². The van der Waals surface area contributed by atoms with Crippen LogP contribution in [0.4, 0.5) is 5.69 Å². The number of rotatable bonds is 5. The lowest BCUT2D eigenvalue weighted by molar-refractivity contribution is -0.111. The van der Waals surface area contributed by atoms with Gasteiger partial charge in [-0.05, 0) is 24.3 Å². The van der Waals surface area contributed by atoms with E-state index in [4.69, 9.17) is 0 Å². The third kappa shape index (κ3) is 4.65. The first kappa shape index (κ1) is 18.0. The quantitative estimate of drug-likeness (QED) is 0.678. The summed E-state index contributed by atoms with van der Waals surface area (Å²) in [7, 11) is -3.32. The average Bonchev–Trinajstić information content (AvgIpc) is 3.09.